The van der Waals surface area contributed by atoms with E-state index in [9.17, 15) is 4.79 Å². The number of aromatic nitrogens is 1. The minimum Gasteiger partial charge on any atom is -0.495 e. The molecule has 0 saturated heterocycles. The van der Waals surface area contributed by atoms with Crippen LogP contribution in [-0.2, 0) is 6.54 Å². The molecule has 2 amide bonds. The van der Waals surface area contributed by atoms with Gasteiger partial charge in [0.1, 0.15) is 10.9 Å². The molecule has 0 saturated carbocycles. The number of ether oxygens (including phenoxy) is 1. The van der Waals surface area contributed by atoms with Crippen LogP contribution >= 0.6 is 11.6 Å². The van der Waals surface area contributed by atoms with Gasteiger partial charge in [-0.2, -0.15) is 0 Å². The summed E-state index contributed by atoms with van der Waals surface area (Å²) in [4.78, 5) is 19.2. The van der Waals surface area contributed by atoms with Crippen molar-refractivity contribution in [2.24, 2.45) is 5.92 Å². The monoisotopic (exact) mass is 397 g/mol. The fraction of sp³-hybridized carbons (Fsp3) is 0.273. The predicted molar refractivity (Wildman–Crippen MR) is 114 cm³/mol. The van der Waals surface area contributed by atoms with E-state index in [2.05, 4.69) is 24.1 Å². The Morgan fingerprint density at radius 3 is 2.64 bits per heavy atom. The number of benzene rings is 2. The first-order chi connectivity index (χ1) is 13.5. The van der Waals surface area contributed by atoms with E-state index in [-0.39, 0.29) is 6.03 Å². The van der Waals surface area contributed by atoms with Gasteiger partial charge in [0, 0.05) is 17.5 Å². The molecule has 5 nitrogen and oxygen atoms in total. The summed E-state index contributed by atoms with van der Waals surface area (Å²) in [5.74, 6) is 0.918. The third kappa shape index (κ3) is 4.73. The van der Waals surface area contributed by atoms with E-state index in [1.807, 2.05) is 54.6 Å². The van der Waals surface area contributed by atoms with Crippen molar-refractivity contribution in [3.63, 3.8) is 0 Å². The zero-order chi connectivity index (χ0) is 20.1. The van der Waals surface area contributed by atoms with Crippen LogP contribution in [0.4, 0.5) is 10.5 Å². The number of hydrogen-bond acceptors (Lipinski definition) is 3. The Hall–Kier alpha value is -2.79. The molecule has 0 aliphatic carbocycles. The number of halogens is 1. The number of pyridine rings is 1. The second-order valence-corrected chi connectivity index (χ2v) is 7.39. The number of fused-ring (bicyclic) bond motifs is 1. The van der Waals surface area contributed by atoms with Crippen LogP contribution in [0, 0.1) is 5.92 Å². The summed E-state index contributed by atoms with van der Waals surface area (Å²) >= 11 is 6.41. The van der Waals surface area contributed by atoms with Crippen molar-refractivity contribution in [2.75, 3.05) is 19.0 Å². The number of nitrogens with zero attached hydrogens (tertiary/aromatic N) is 2. The number of rotatable bonds is 6. The average molecular weight is 398 g/mol. The quantitative estimate of drug-likeness (QED) is 0.552. The molecule has 0 spiro atoms. The Kier molecular flexibility index (Phi) is 6.37. The highest BCUT2D eigenvalue weighted by Crippen LogP contribution is 2.25. The number of urea groups is 1. The lowest BCUT2D eigenvalue weighted by Crippen LogP contribution is -2.37. The Labute approximate surface area is 170 Å². The molecule has 1 N–H and O–H groups in total. The van der Waals surface area contributed by atoms with Crippen molar-refractivity contribution in [1.29, 1.82) is 0 Å². The zero-order valence-electron chi connectivity index (χ0n) is 16.3. The summed E-state index contributed by atoms with van der Waals surface area (Å²) in [5.41, 5.74) is 2.29. The van der Waals surface area contributed by atoms with Gasteiger partial charge in [-0.15, -0.1) is 0 Å². The molecule has 28 heavy (non-hydrogen) atoms. The number of carbonyl (C=O) groups excluding carboxylic acids is 1. The van der Waals surface area contributed by atoms with Crippen LogP contribution in [0.2, 0.25) is 5.15 Å². The Morgan fingerprint density at radius 2 is 1.89 bits per heavy atom. The van der Waals surface area contributed by atoms with Crippen molar-refractivity contribution >= 4 is 34.2 Å². The van der Waals surface area contributed by atoms with Crippen molar-refractivity contribution in [3.05, 3.63) is 65.3 Å². The van der Waals surface area contributed by atoms with E-state index in [4.69, 9.17) is 16.3 Å². The summed E-state index contributed by atoms with van der Waals surface area (Å²) in [7, 11) is 1.58. The van der Waals surface area contributed by atoms with Crippen LogP contribution in [-0.4, -0.2) is 29.6 Å². The normalized spacial score (nSPS) is 10.9. The fourth-order valence-corrected chi connectivity index (χ4v) is 3.26. The van der Waals surface area contributed by atoms with Crippen molar-refractivity contribution in [1.82, 2.24) is 9.88 Å². The highest BCUT2D eigenvalue weighted by atomic mass is 35.5. The molecule has 6 heteroatoms. The predicted octanol–water partition coefficient (Wildman–Crippen LogP) is 5.59. The van der Waals surface area contributed by atoms with Gasteiger partial charge >= 0.3 is 6.03 Å². The molecule has 0 unspecified atom stereocenters. The summed E-state index contributed by atoms with van der Waals surface area (Å²) < 4.78 is 5.33. The summed E-state index contributed by atoms with van der Waals surface area (Å²) in [6.07, 6.45) is 0. The Bertz CT molecular complexity index is 975. The number of methoxy groups -OCH3 is 1. The summed E-state index contributed by atoms with van der Waals surface area (Å²) in [5, 5.41) is 4.35. The minimum atomic E-state index is -0.206. The highest BCUT2D eigenvalue weighted by molar-refractivity contribution is 6.30. The average Bonchev–Trinajstić information content (AvgIpc) is 2.68. The standard InChI is InChI=1S/C22H24ClN3O2/c1-15(2)13-26(22(27)25-19-10-6-7-11-20(19)28-3)14-17-12-16-8-4-5-9-18(16)24-21(17)23/h4-12,15H,13-14H2,1-3H3,(H,25,27). The van der Waals surface area contributed by atoms with E-state index in [1.165, 1.54) is 0 Å². The number of nitrogens with one attached hydrogen (secondary N) is 1. The van der Waals surface area contributed by atoms with Crippen molar-refractivity contribution in [2.45, 2.75) is 20.4 Å². The Morgan fingerprint density at radius 1 is 1.18 bits per heavy atom. The van der Waals surface area contributed by atoms with E-state index >= 15 is 0 Å². The maximum atomic E-state index is 13.0. The lowest BCUT2D eigenvalue weighted by molar-refractivity contribution is 0.201. The third-order valence-electron chi connectivity index (χ3n) is 4.33. The van der Waals surface area contributed by atoms with Crippen LogP contribution in [0.15, 0.2) is 54.6 Å². The lowest BCUT2D eigenvalue weighted by Gasteiger charge is -2.26. The minimum absolute atomic E-state index is 0.206. The second-order valence-electron chi connectivity index (χ2n) is 7.04. The first-order valence-electron chi connectivity index (χ1n) is 9.21. The smallest absolute Gasteiger partial charge is 0.322 e. The van der Waals surface area contributed by atoms with Gasteiger partial charge in [-0.3, -0.25) is 0 Å². The van der Waals surface area contributed by atoms with Crippen LogP contribution in [0.25, 0.3) is 10.9 Å². The van der Waals surface area contributed by atoms with Gasteiger partial charge in [-0.05, 0) is 30.2 Å². The number of hydrogen-bond donors (Lipinski definition) is 1. The zero-order valence-corrected chi connectivity index (χ0v) is 17.0. The lowest BCUT2D eigenvalue weighted by atomic mass is 10.1. The highest BCUT2D eigenvalue weighted by Gasteiger charge is 2.19. The first kappa shape index (κ1) is 20.0. The SMILES string of the molecule is COc1ccccc1NC(=O)N(Cc1cc2ccccc2nc1Cl)CC(C)C. The molecule has 3 aromatic rings. The fourth-order valence-electron chi connectivity index (χ4n) is 3.05. The topological polar surface area (TPSA) is 54.5 Å². The molecule has 3 rings (SSSR count). The van der Waals surface area contributed by atoms with E-state index < -0.39 is 0 Å². The van der Waals surface area contributed by atoms with Crippen LogP contribution < -0.4 is 10.1 Å². The molecule has 0 fully saturated rings. The number of amides is 2. The van der Waals surface area contributed by atoms with Gasteiger partial charge in [0.05, 0.1) is 24.9 Å². The van der Waals surface area contributed by atoms with Crippen LogP contribution in [0.3, 0.4) is 0 Å². The molecule has 2 aromatic carbocycles. The van der Waals surface area contributed by atoms with Crippen LogP contribution in [0.5, 0.6) is 5.75 Å². The van der Waals surface area contributed by atoms with E-state index in [0.29, 0.717) is 35.6 Å². The third-order valence-corrected chi connectivity index (χ3v) is 4.66. The Balaban J connectivity index is 1.86. The van der Waals surface area contributed by atoms with Gasteiger partial charge in [0.25, 0.3) is 0 Å². The molecule has 146 valence electrons. The molecular formula is C22H24ClN3O2. The molecular weight excluding hydrogens is 374 g/mol. The number of anilines is 1. The van der Waals surface area contributed by atoms with Crippen molar-refractivity contribution in [3.8, 4) is 5.75 Å². The van der Waals surface area contributed by atoms with Gasteiger partial charge in [-0.25, -0.2) is 9.78 Å². The molecule has 0 aliphatic heterocycles. The molecule has 1 aromatic heterocycles. The van der Waals surface area contributed by atoms with Gasteiger partial charge < -0.3 is 15.0 Å². The maximum absolute atomic E-state index is 13.0. The molecule has 1 heterocycles. The van der Waals surface area contributed by atoms with Crippen molar-refractivity contribution < 1.29 is 9.53 Å². The van der Waals surface area contributed by atoms with Crippen LogP contribution in [0.1, 0.15) is 19.4 Å². The largest absolute Gasteiger partial charge is 0.495 e. The van der Waals surface area contributed by atoms with Gasteiger partial charge in [0.2, 0.25) is 0 Å². The molecule has 0 atom stereocenters. The molecule has 0 radical (unpaired) electrons. The number of para-hydroxylation sites is 3. The first-order valence-corrected chi connectivity index (χ1v) is 9.59. The van der Waals surface area contributed by atoms with Gasteiger partial charge in [0.15, 0.2) is 0 Å². The van der Waals surface area contributed by atoms with E-state index in [1.54, 1.807) is 12.0 Å². The van der Waals surface area contributed by atoms with Gasteiger partial charge in [-0.1, -0.05) is 55.8 Å². The molecule has 0 aliphatic rings. The number of carbonyl (C=O) groups is 1. The second kappa shape index (κ2) is 8.93. The van der Waals surface area contributed by atoms with E-state index in [0.717, 1.165) is 16.5 Å². The summed E-state index contributed by atoms with van der Waals surface area (Å²) in [6, 6.07) is 16.9. The molecule has 0 bridgehead atoms. The maximum Gasteiger partial charge on any atom is 0.322 e. The summed E-state index contributed by atoms with van der Waals surface area (Å²) in [6.45, 7) is 5.10.